The Morgan fingerprint density at radius 3 is 2.54 bits per heavy atom. The summed E-state index contributed by atoms with van der Waals surface area (Å²) in [6, 6.07) is 11.6. The van der Waals surface area contributed by atoms with Gasteiger partial charge < -0.3 is 9.84 Å². The molecule has 0 saturated heterocycles. The molecule has 8 heteroatoms. The van der Waals surface area contributed by atoms with E-state index >= 15 is 0 Å². The topological polar surface area (TPSA) is 75.4 Å². The average molecular weight is 461 g/mol. The van der Waals surface area contributed by atoms with E-state index in [9.17, 15) is 5.11 Å². The van der Waals surface area contributed by atoms with Crippen LogP contribution in [0.4, 0.5) is 0 Å². The molecule has 6 nitrogen and oxygen atoms in total. The van der Waals surface area contributed by atoms with Gasteiger partial charge in [-0.25, -0.2) is 5.10 Å². The third kappa shape index (κ3) is 4.18. The third-order valence-corrected chi connectivity index (χ3v) is 5.12. The second kappa shape index (κ2) is 7.89. The Bertz CT molecular complexity index is 1080. The summed E-state index contributed by atoms with van der Waals surface area (Å²) in [5, 5.41) is 21.5. The lowest BCUT2D eigenvalue weighted by Crippen LogP contribution is -2.10. The van der Waals surface area contributed by atoms with Crippen molar-refractivity contribution in [3.63, 3.8) is 0 Å². The highest BCUT2D eigenvalue weighted by Gasteiger charge is 2.15. The maximum Gasteiger partial charge on any atom is 0.216 e. The normalized spacial score (nSPS) is 11.9. The van der Waals surface area contributed by atoms with E-state index in [1.165, 1.54) is 12.7 Å². The Morgan fingerprint density at radius 1 is 1.25 bits per heavy atom. The highest BCUT2D eigenvalue weighted by atomic mass is 79.9. The van der Waals surface area contributed by atoms with Crippen LogP contribution in [0.2, 0.25) is 0 Å². The smallest absolute Gasteiger partial charge is 0.216 e. The zero-order valence-electron chi connectivity index (χ0n) is 16.0. The number of nitrogens with one attached hydrogen (secondary N) is 1. The molecule has 0 radical (unpaired) electrons. The van der Waals surface area contributed by atoms with Crippen LogP contribution in [0.1, 0.15) is 31.9 Å². The van der Waals surface area contributed by atoms with Crippen molar-refractivity contribution < 1.29 is 9.84 Å². The van der Waals surface area contributed by atoms with Crippen LogP contribution in [-0.2, 0) is 5.41 Å². The molecular weight excluding hydrogens is 440 g/mol. The van der Waals surface area contributed by atoms with E-state index in [2.05, 4.69) is 64.1 Å². The van der Waals surface area contributed by atoms with Gasteiger partial charge in [-0.15, -0.1) is 0 Å². The summed E-state index contributed by atoms with van der Waals surface area (Å²) in [5.74, 6) is 1.01. The number of phenolic OH excluding ortho intramolecular Hbond substituents is 1. The Labute approximate surface area is 177 Å². The van der Waals surface area contributed by atoms with E-state index in [0.29, 0.717) is 20.8 Å². The van der Waals surface area contributed by atoms with Gasteiger partial charge in [-0.2, -0.15) is 14.9 Å². The molecule has 1 heterocycles. The fourth-order valence-electron chi connectivity index (χ4n) is 2.65. The Morgan fingerprint density at radius 2 is 1.93 bits per heavy atom. The van der Waals surface area contributed by atoms with Gasteiger partial charge in [0.05, 0.1) is 17.8 Å². The number of aromatic nitrogens is 3. The summed E-state index contributed by atoms with van der Waals surface area (Å²) in [6.07, 6.45) is 1.63. The van der Waals surface area contributed by atoms with Gasteiger partial charge in [0.25, 0.3) is 0 Å². The van der Waals surface area contributed by atoms with E-state index in [1.54, 1.807) is 23.0 Å². The summed E-state index contributed by atoms with van der Waals surface area (Å²) < 4.78 is 7.64. The van der Waals surface area contributed by atoms with Crippen LogP contribution in [0.15, 0.2) is 46.0 Å². The van der Waals surface area contributed by atoms with Gasteiger partial charge in [0.2, 0.25) is 4.77 Å². The lowest BCUT2D eigenvalue weighted by molar-refractivity contribution is 0.372. The van der Waals surface area contributed by atoms with Crippen molar-refractivity contribution in [3.05, 3.63) is 56.8 Å². The lowest BCUT2D eigenvalue weighted by atomic mass is 9.87. The summed E-state index contributed by atoms with van der Waals surface area (Å²) in [4.78, 5) is 0. The van der Waals surface area contributed by atoms with Crippen molar-refractivity contribution in [2.45, 2.75) is 26.2 Å². The Balaban J connectivity index is 1.97. The van der Waals surface area contributed by atoms with Crippen molar-refractivity contribution in [1.29, 1.82) is 0 Å². The van der Waals surface area contributed by atoms with Crippen LogP contribution in [0, 0.1) is 4.77 Å². The maximum atomic E-state index is 9.94. The molecule has 2 N–H and O–H groups in total. The molecule has 0 unspecified atom stereocenters. The monoisotopic (exact) mass is 460 g/mol. The molecule has 0 bridgehead atoms. The minimum atomic E-state index is 0.0409. The second-order valence-corrected chi connectivity index (χ2v) is 8.53. The molecule has 0 fully saturated rings. The highest BCUT2D eigenvalue weighted by molar-refractivity contribution is 9.10. The first-order valence-corrected chi connectivity index (χ1v) is 9.80. The molecule has 0 aliphatic rings. The number of rotatable bonds is 4. The highest BCUT2D eigenvalue weighted by Crippen LogP contribution is 2.34. The number of phenols is 1. The third-order valence-electron chi connectivity index (χ3n) is 4.25. The first kappa shape index (κ1) is 20.3. The molecule has 0 aliphatic heterocycles. The largest absolute Gasteiger partial charge is 0.503 e. The van der Waals surface area contributed by atoms with E-state index < -0.39 is 0 Å². The molecular formula is C20H21BrN4O2S. The lowest BCUT2D eigenvalue weighted by Gasteiger charge is -2.18. The van der Waals surface area contributed by atoms with Crippen LogP contribution in [0.5, 0.6) is 11.5 Å². The summed E-state index contributed by atoms with van der Waals surface area (Å²) in [7, 11) is 1.49. The molecule has 0 saturated carbocycles. The number of hydrogen-bond donors (Lipinski definition) is 2. The maximum absolute atomic E-state index is 9.94. The minimum Gasteiger partial charge on any atom is -0.503 e. The molecule has 0 atom stereocenters. The fourth-order valence-corrected chi connectivity index (χ4v) is 3.29. The Kier molecular flexibility index (Phi) is 5.71. The van der Waals surface area contributed by atoms with E-state index in [-0.39, 0.29) is 11.2 Å². The van der Waals surface area contributed by atoms with Gasteiger partial charge in [0.1, 0.15) is 0 Å². The van der Waals surface area contributed by atoms with Gasteiger partial charge in [-0.1, -0.05) is 45.0 Å². The van der Waals surface area contributed by atoms with E-state index in [1.807, 2.05) is 12.1 Å². The van der Waals surface area contributed by atoms with Crippen LogP contribution in [0.25, 0.3) is 11.4 Å². The van der Waals surface area contributed by atoms with E-state index in [0.717, 1.165) is 11.1 Å². The number of ether oxygens (including phenoxy) is 1. The van der Waals surface area contributed by atoms with Crippen molar-refractivity contribution >= 4 is 34.4 Å². The summed E-state index contributed by atoms with van der Waals surface area (Å²) in [5.41, 5.74) is 2.95. The van der Waals surface area contributed by atoms with E-state index in [4.69, 9.17) is 17.0 Å². The number of aromatic amines is 1. The molecule has 0 spiro atoms. The molecule has 28 heavy (non-hydrogen) atoms. The molecule has 0 amide bonds. The number of benzene rings is 2. The van der Waals surface area contributed by atoms with Gasteiger partial charge in [-0.3, -0.25) is 0 Å². The molecule has 1 aromatic heterocycles. The molecule has 0 aliphatic carbocycles. The molecule has 2 aromatic carbocycles. The first-order chi connectivity index (χ1) is 13.2. The predicted molar refractivity (Wildman–Crippen MR) is 117 cm³/mol. The van der Waals surface area contributed by atoms with Crippen LogP contribution < -0.4 is 4.74 Å². The quantitative estimate of drug-likeness (QED) is 0.410. The summed E-state index contributed by atoms with van der Waals surface area (Å²) in [6.45, 7) is 6.52. The first-order valence-electron chi connectivity index (χ1n) is 8.60. The van der Waals surface area contributed by atoms with Crippen molar-refractivity contribution in [2.75, 3.05) is 7.11 Å². The van der Waals surface area contributed by atoms with Gasteiger partial charge in [0, 0.05) is 5.56 Å². The van der Waals surface area contributed by atoms with Crippen LogP contribution >= 0.6 is 28.1 Å². The zero-order valence-corrected chi connectivity index (χ0v) is 18.4. The average Bonchev–Trinajstić information content (AvgIpc) is 3.02. The van der Waals surface area contributed by atoms with Gasteiger partial charge in [0.15, 0.2) is 17.3 Å². The number of aromatic hydroxyl groups is 1. The number of halogens is 1. The van der Waals surface area contributed by atoms with Gasteiger partial charge >= 0.3 is 0 Å². The Hall–Kier alpha value is -2.45. The molecule has 3 rings (SSSR count). The summed E-state index contributed by atoms with van der Waals surface area (Å²) >= 11 is 8.63. The molecule has 146 valence electrons. The van der Waals surface area contributed by atoms with Crippen molar-refractivity contribution in [3.8, 4) is 22.9 Å². The van der Waals surface area contributed by atoms with Crippen LogP contribution in [0.3, 0.4) is 0 Å². The minimum absolute atomic E-state index is 0.0409. The zero-order chi connectivity index (χ0) is 20.5. The second-order valence-electron chi connectivity index (χ2n) is 7.29. The van der Waals surface area contributed by atoms with Gasteiger partial charge in [-0.05, 0) is 56.8 Å². The number of H-pyrrole nitrogens is 1. The SMILES string of the molecule is COc1cc(/C=N/n2c(-c3ccc(C(C)(C)C)cc3)n[nH]c2=S)cc(Br)c1O. The number of nitrogens with zero attached hydrogens (tertiary/aromatic N) is 3. The van der Waals surface area contributed by atoms with Crippen molar-refractivity contribution in [2.24, 2.45) is 5.10 Å². The molecule has 3 aromatic rings. The van der Waals surface area contributed by atoms with Crippen LogP contribution in [-0.4, -0.2) is 33.3 Å². The standard InChI is InChI=1S/C20H21BrN4O2S/c1-20(2,3)14-7-5-13(6-8-14)18-23-24-19(28)25(18)22-11-12-9-15(21)17(26)16(10-12)27-4/h5-11,26H,1-4H3,(H,24,28)/b22-11+. The number of methoxy groups -OCH3 is 1. The van der Waals surface area contributed by atoms with Crippen molar-refractivity contribution in [1.82, 2.24) is 14.9 Å². The fraction of sp³-hybridized carbons (Fsp3) is 0.250. The number of hydrogen-bond acceptors (Lipinski definition) is 5. The predicted octanol–water partition coefficient (Wildman–Crippen LogP) is 5.26.